The molecule has 4 aromatic rings. The van der Waals surface area contributed by atoms with E-state index >= 15 is 4.39 Å². The molecule has 0 saturated carbocycles. The van der Waals surface area contributed by atoms with Gasteiger partial charge >= 0.3 is 6.36 Å². The second kappa shape index (κ2) is 10.6. The highest BCUT2D eigenvalue weighted by Crippen LogP contribution is 2.29. The molecular formula is C27H24ClF4N5O2. The maximum atomic E-state index is 15.1. The molecule has 1 aliphatic heterocycles. The van der Waals surface area contributed by atoms with E-state index in [1.807, 2.05) is 11.8 Å². The van der Waals surface area contributed by atoms with Gasteiger partial charge in [-0.25, -0.2) is 9.37 Å². The fraction of sp³-hybridized carbons (Fsp3) is 0.259. The number of anilines is 2. The molecule has 204 valence electrons. The first-order chi connectivity index (χ1) is 18.6. The van der Waals surface area contributed by atoms with Crippen LogP contribution in [0.3, 0.4) is 0 Å². The topological polar surface area (TPSA) is 62.1 Å². The average Bonchev–Trinajstić information content (AvgIpc) is 3.23. The lowest BCUT2D eigenvalue weighted by atomic mass is 10.1. The summed E-state index contributed by atoms with van der Waals surface area (Å²) in [7, 11) is 0. The maximum Gasteiger partial charge on any atom is 0.573 e. The average molecular weight is 562 g/mol. The van der Waals surface area contributed by atoms with Gasteiger partial charge in [0.25, 0.3) is 5.91 Å². The lowest BCUT2D eigenvalue weighted by Gasteiger charge is -2.42. The van der Waals surface area contributed by atoms with Crippen molar-refractivity contribution < 1.29 is 27.1 Å². The fourth-order valence-electron chi connectivity index (χ4n) is 4.75. The van der Waals surface area contributed by atoms with Gasteiger partial charge in [0, 0.05) is 44.1 Å². The van der Waals surface area contributed by atoms with Crippen molar-refractivity contribution in [3.63, 3.8) is 0 Å². The first-order valence-electron chi connectivity index (χ1n) is 12.2. The number of pyridine rings is 1. The number of nitrogens with zero attached hydrogens (tertiary/aromatic N) is 4. The van der Waals surface area contributed by atoms with Crippen LogP contribution in [-0.4, -0.2) is 47.3 Å². The summed E-state index contributed by atoms with van der Waals surface area (Å²) < 4.78 is 57.9. The van der Waals surface area contributed by atoms with Gasteiger partial charge in [-0.3, -0.25) is 9.20 Å². The molecule has 1 saturated heterocycles. The van der Waals surface area contributed by atoms with Gasteiger partial charge in [0.05, 0.1) is 5.69 Å². The molecule has 1 amide bonds. The molecule has 39 heavy (non-hydrogen) atoms. The second-order valence-corrected chi connectivity index (χ2v) is 9.54. The Balaban J connectivity index is 1.20. The third-order valence-corrected chi connectivity index (χ3v) is 6.80. The Morgan fingerprint density at radius 3 is 2.59 bits per heavy atom. The van der Waals surface area contributed by atoms with Gasteiger partial charge in [0.2, 0.25) is 0 Å². The molecule has 0 spiro atoms. The molecule has 2 aromatic carbocycles. The number of imidazole rings is 1. The van der Waals surface area contributed by atoms with Crippen molar-refractivity contribution in [2.75, 3.05) is 29.4 Å². The zero-order valence-electron chi connectivity index (χ0n) is 20.8. The van der Waals surface area contributed by atoms with E-state index in [1.54, 1.807) is 53.1 Å². The molecule has 1 fully saturated rings. The van der Waals surface area contributed by atoms with E-state index in [0.29, 0.717) is 36.5 Å². The minimum Gasteiger partial charge on any atom is -0.406 e. The zero-order chi connectivity index (χ0) is 27.7. The van der Waals surface area contributed by atoms with E-state index in [0.717, 1.165) is 5.69 Å². The van der Waals surface area contributed by atoms with Crippen LogP contribution in [-0.2, 0) is 6.54 Å². The number of hydrogen-bond donors (Lipinski definition) is 1. The SMILES string of the molecule is C[C@H]1CN(c2ccc(CNC(=O)c3c(Cl)nc4ccccn34)cc2F)CCN1c1ccc(OC(F)(F)F)cc1. The molecule has 0 bridgehead atoms. The summed E-state index contributed by atoms with van der Waals surface area (Å²) in [5.41, 5.74) is 2.54. The number of piperazine rings is 1. The minimum atomic E-state index is -4.74. The molecule has 3 heterocycles. The van der Waals surface area contributed by atoms with E-state index < -0.39 is 18.1 Å². The van der Waals surface area contributed by atoms with Crippen LogP contribution in [0.15, 0.2) is 66.9 Å². The quantitative estimate of drug-likeness (QED) is 0.307. The number of nitrogens with one attached hydrogen (secondary N) is 1. The summed E-state index contributed by atoms with van der Waals surface area (Å²) in [5.74, 6) is -1.12. The monoisotopic (exact) mass is 561 g/mol. The number of halogens is 5. The largest absolute Gasteiger partial charge is 0.573 e. The van der Waals surface area contributed by atoms with Crippen LogP contribution in [0.1, 0.15) is 23.0 Å². The minimum absolute atomic E-state index is 0.0262. The number of benzene rings is 2. The summed E-state index contributed by atoms with van der Waals surface area (Å²) in [4.78, 5) is 20.9. The van der Waals surface area contributed by atoms with Gasteiger partial charge < -0.3 is 19.9 Å². The van der Waals surface area contributed by atoms with Crippen molar-refractivity contribution in [2.24, 2.45) is 0 Å². The highest BCUT2D eigenvalue weighted by atomic mass is 35.5. The first kappa shape index (κ1) is 26.6. The number of carbonyl (C=O) groups is 1. The third-order valence-electron chi connectivity index (χ3n) is 6.54. The van der Waals surface area contributed by atoms with Crippen LogP contribution >= 0.6 is 11.6 Å². The molecule has 0 radical (unpaired) electrons. The van der Waals surface area contributed by atoms with Gasteiger partial charge in [-0.1, -0.05) is 23.7 Å². The number of aromatic nitrogens is 2. The van der Waals surface area contributed by atoms with E-state index in [9.17, 15) is 18.0 Å². The Kier molecular flexibility index (Phi) is 7.26. The number of ether oxygens (including phenoxy) is 1. The van der Waals surface area contributed by atoms with Crippen LogP contribution in [0.2, 0.25) is 5.15 Å². The predicted octanol–water partition coefficient (Wildman–Crippen LogP) is 5.67. The van der Waals surface area contributed by atoms with Crippen LogP contribution in [0.25, 0.3) is 5.65 Å². The number of hydrogen-bond acceptors (Lipinski definition) is 5. The fourth-order valence-corrected chi connectivity index (χ4v) is 5.02. The summed E-state index contributed by atoms with van der Waals surface area (Å²) >= 11 is 6.16. The lowest BCUT2D eigenvalue weighted by Crippen LogP contribution is -2.52. The van der Waals surface area contributed by atoms with Gasteiger partial charge in [-0.2, -0.15) is 0 Å². The summed E-state index contributed by atoms with van der Waals surface area (Å²) in [6, 6.07) is 15.8. The lowest BCUT2D eigenvalue weighted by molar-refractivity contribution is -0.274. The van der Waals surface area contributed by atoms with Crippen molar-refractivity contribution in [1.82, 2.24) is 14.7 Å². The van der Waals surface area contributed by atoms with Crippen LogP contribution in [0, 0.1) is 5.82 Å². The molecule has 0 aliphatic carbocycles. The molecule has 5 rings (SSSR count). The first-order valence-corrected chi connectivity index (χ1v) is 12.5. The van der Waals surface area contributed by atoms with E-state index in [4.69, 9.17) is 11.6 Å². The predicted molar refractivity (Wildman–Crippen MR) is 140 cm³/mol. The van der Waals surface area contributed by atoms with Crippen molar-refractivity contribution in [1.29, 1.82) is 0 Å². The molecule has 12 heteroatoms. The smallest absolute Gasteiger partial charge is 0.406 e. The van der Waals surface area contributed by atoms with Gasteiger partial charge in [0.1, 0.15) is 17.2 Å². The molecule has 0 unspecified atom stereocenters. The third kappa shape index (κ3) is 5.88. The van der Waals surface area contributed by atoms with Crippen molar-refractivity contribution in [2.45, 2.75) is 25.9 Å². The highest BCUT2D eigenvalue weighted by molar-refractivity contribution is 6.32. The number of fused-ring (bicyclic) bond motifs is 1. The Hall–Kier alpha value is -3.99. The number of alkyl halides is 3. The molecule has 1 aliphatic rings. The van der Waals surface area contributed by atoms with Crippen molar-refractivity contribution in [3.8, 4) is 5.75 Å². The summed E-state index contributed by atoms with van der Waals surface area (Å²) in [6.07, 6.45) is -3.05. The maximum absolute atomic E-state index is 15.1. The van der Waals surface area contributed by atoms with Crippen LogP contribution in [0.5, 0.6) is 5.75 Å². The molecule has 1 N–H and O–H groups in total. The molecule has 2 aromatic heterocycles. The van der Waals surface area contributed by atoms with Gasteiger partial charge in [0.15, 0.2) is 10.8 Å². The van der Waals surface area contributed by atoms with E-state index in [2.05, 4.69) is 19.9 Å². The molecule has 1 atom stereocenters. The van der Waals surface area contributed by atoms with E-state index in [1.165, 1.54) is 18.2 Å². The Bertz CT molecular complexity index is 1490. The standard InChI is InChI=1S/C27H24ClF4N5O2/c1-17-16-35(12-13-36(17)19-6-8-20(9-7-19)39-27(30,31)32)22-10-5-18(14-21(22)29)15-33-26(38)24-25(28)34-23-4-2-3-11-37(23)24/h2-11,14,17H,12-13,15-16H2,1H3,(H,33,38)/t17-/m0/s1. The summed E-state index contributed by atoms with van der Waals surface area (Å²) in [6.45, 7) is 3.66. The van der Waals surface area contributed by atoms with Crippen molar-refractivity contribution >= 4 is 34.5 Å². The summed E-state index contributed by atoms with van der Waals surface area (Å²) in [5, 5.41) is 2.85. The Morgan fingerprint density at radius 1 is 1.13 bits per heavy atom. The van der Waals surface area contributed by atoms with Gasteiger partial charge in [-0.15, -0.1) is 13.2 Å². The Labute approximate surface area is 226 Å². The van der Waals surface area contributed by atoms with E-state index in [-0.39, 0.29) is 29.2 Å². The Morgan fingerprint density at radius 2 is 1.90 bits per heavy atom. The molecular weight excluding hydrogens is 538 g/mol. The normalized spacial score (nSPS) is 16.0. The molecule has 7 nitrogen and oxygen atoms in total. The van der Waals surface area contributed by atoms with Crippen LogP contribution in [0.4, 0.5) is 28.9 Å². The number of carbonyl (C=O) groups excluding carboxylic acids is 1. The zero-order valence-corrected chi connectivity index (χ0v) is 21.5. The number of amides is 1. The van der Waals surface area contributed by atoms with Crippen LogP contribution < -0.4 is 19.9 Å². The number of rotatable bonds is 6. The second-order valence-electron chi connectivity index (χ2n) is 9.18. The highest BCUT2D eigenvalue weighted by Gasteiger charge is 2.31. The van der Waals surface area contributed by atoms with Gasteiger partial charge in [-0.05, 0) is 61.0 Å². The van der Waals surface area contributed by atoms with Crippen molar-refractivity contribution in [3.05, 3.63) is 89.1 Å².